The second-order valence-electron chi connectivity index (χ2n) is 2.87. The Labute approximate surface area is 81.5 Å². The first-order valence-corrected chi connectivity index (χ1v) is 4.24. The molecular weight excluding hydrogens is 180 g/mol. The molecule has 2 heterocycles. The second kappa shape index (κ2) is 3.49. The summed E-state index contributed by atoms with van der Waals surface area (Å²) in [6, 6.07) is 7.32. The van der Waals surface area contributed by atoms with E-state index in [1.165, 1.54) is 0 Å². The van der Waals surface area contributed by atoms with E-state index in [1.807, 2.05) is 25.1 Å². The number of furan rings is 1. The predicted molar refractivity (Wildman–Crippen MR) is 51.0 cm³/mol. The molecule has 0 radical (unpaired) electrons. The van der Waals surface area contributed by atoms with Gasteiger partial charge in [-0.25, -0.2) is 0 Å². The van der Waals surface area contributed by atoms with Crippen LogP contribution in [-0.4, -0.2) is 17.3 Å². The first-order valence-electron chi connectivity index (χ1n) is 4.24. The van der Waals surface area contributed by atoms with Gasteiger partial charge in [-0.05, 0) is 25.1 Å². The van der Waals surface area contributed by atoms with Crippen LogP contribution in [0.5, 0.6) is 5.88 Å². The summed E-state index contributed by atoms with van der Waals surface area (Å²) in [5, 5.41) is 7.81. The molecule has 0 aromatic carbocycles. The molecule has 2 aromatic rings. The van der Waals surface area contributed by atoms with Crippen molar-refractivity contribution in [3.8, 4) is 17.3 Å². The Morgan fingerprint density at radius 3 is 2.50 bits per heavy atom. The van der Waals surface area contributed by atoms with E-state index in [0.717, 1.165) is 11.5 Å². The molecule has 0 aliphatic rings. The fourth-order valence-electron chi connectivity index (χ4n) is 1.13. The number of hydrogen-bond acceptors (Lipinski definition) is 4. The van der Waals surface area contributed by atoms with Gasteiger partial charge in [-0.15, -0.1) is 10.2 Å². The maximum atomic E-state index is 5.40. The Hall–Kier alpha value is -1.84. The zero-order valence-electron chi connectivity index (χ0n) is 8.02. The largest absolute Gasteiger partial charge is 0.480 e. The van der Waals surface area contributed by atoms with Gasteiger partial charge in [0.05, 0.1) is 7.11 Å². The minimum Gasteiger partial charge on any atom is -0.480 e. The zero-order chi connectivity index (χ0) is 9.97. The first kappa shape index (κ1) is 8.74. The fourth-order valence-corrected chi connectivity index (χ4v) is 1.13. The van der Waals surface area contributed by atoms with E-state index in [4.69, 9.17) is 9.15 Å². The van der Waals surface area contributed by atoms with Crippen LogP contribution in [0.1, 0.15) is 5.76 Å². The molecule has 0 atom stereocenters. The van der Waals surface area contributed by atoms with E-state index in [-0.39, 0.29) is 0 Å². The van der Waals surface area contributed by atoms with Crippen LogP contribution in [0, 0.1) is 6.92 Å². The highest BCUT2D eigenvalue weighted by molar-refractivity contribution is 5.51. The second-order valence-corrected chi connectivity index (χ2v) is 2.87. The van der Waals surface area contributed by atoms with E-state index >= 15 is 0 Å². The van der Waals surface area contributed by atoms with E-state index in [1.54, 1.807) is 13.2 Å². The molecular formula is C10H10N2O2. The fraction of sp³-hybridized carbons (Fsp3) is 0.200. The topological polar surface area (TPSA) is 48.2 Å². The summed E-state index contributed by atoms with van der Waals surface area (Å²) in [4.78, 5) is 0. The van der Waals surface area contributed by atoms with E-state index in [2.05, 4.69) is 10.2 Å². The van der Waals surface area contributed by atoms with Crippen molar-refractivity contribution in [2.24, 2.45) is 0 Å². The molecule has 0 spiro atoms. The number of aryl methyl sites for hydroxylation is 1. The van der Waals surface area contributed by atoms with E-state index in [0.29, 0.717) is 11.6 Å². The van der Waals surface area contributed by atoms with Gasteiger partial charge in [-0.2, -0.15) is 0 Å². The van der Waals surface area contributed by atoms with Crippen LogP contribution in [0.2, 0.25) is 0 Å². The minimum absolute atomic E-state index is 0.497. The molecule has 2 rings (SSSR count). The van der Waals surface area contributed by atoms with Crippen LogP contribution in [0.25, 0.3) is 11.5 Å². The third-order valence-corrected chi connectivity index (χ3v) is 1.84. The Balaban J connectivity index is 2.33. The molecule has 14 heavy (non-hydrogen) atoms. The monoisotopic (exact) mass is 190 g/mol. The molecule has 0 unspecified atom stereocenters. The smallest absolute Gasteiger partial charge is 0.233 e. The van der Waals surface area contributed by atoms with E-state index in [9.17, 15) is 0 Å². The van der Waals surface area contributed by atoms with Gasteiger partial charge in [0.15, 0.2) is 5.76 Å². The Morgan fingerprint density at radius 1 is 1.14 bits per heavy atom. The molecule has 0 amide bonds. The average molecular weight is 190 g/mol. The number of nitrogens with zero attached hydrogens (tertiary/aromatic N) is 2. The van der Waals surface area contributed by atoms with Gasteiger partial charge in [0, 0.05) is 6.07 Å². The molecule has 4 nitrogen and oxygen atoms in total. The highest BCUT2D eigenvalue weighted by Crippen LogP contribution is 2.19. The number of rotatable bonds is 2. The Morgan fingerprint density at radius 2 is 2.00 bits per heavy atom. The van der Waals surface area contributed by atoms with Gasteiger partial charge >= 0.3 is 0 Å². The lowest BCUT2D eigenvalue weighted by Gasteiger charge is -1.97. The van der Waals surface area contributed by atoms with Gasteiger partial charge in [-0.1, -0.05) is 0 Å². The molecule has 0 bridgehead atoms. The number of ether oxygens (including phenoxy) is 1. The molecule has 0 saturated heterocycles. The van der Waals surface area contributed by atoms with Gasteiger partial charge in [0.1, 0.15) is 11.5 Å². The summed E-state index contributed by atoms with van der Waals surface area (Å²) < 4.78 is 10.3. The number of aromatic nitrogens is 2. The normalized spacial score (nSPS) is 10.1. The molecule has 0 saturated carbocycles. The first-order chi connectivity index (χ1) is 6.79. The summed E-state index contributed by atoms with van der Waals surface area (Å²) in [5.74, 6) is 2.08. The van der Waals surface area contributed by atoms with Gasteiger partial charge in [0.2, 0.25) is 5.88 Å². The molecule has 2 aromatic heterocycles. The third kappa shape index (κ3) is 1.59. The lowest BCUT2D eigenvalue weighted by Crippen LogP contribution is -1.91. The van der Waals surface area contributed by atoms with E-state index < -0.39 is 0 Å². The van der Waals surface area contributed by atoms with Crippen molar-refractivity contribution in [1.82, 2.24) is 10.2 Å². The highest BCUT2D eigenvalue weighted by atomic mass is 16.5. The predicted octanol–water partition coefficient (Wildman–Crippen LogP) is 2.05. The van der Waals surface area contributed by atoms with Crippen LogP contribution in [0.4, 0.5) is 0 Å². The van der Waals surface area contributed by atoms with Crippen molar-refractivity contribution in [3.05, 3.63) is 30.0 Å². The third-order valence-electron chi connectivity index (χ3n) is 1.84. The summed E-state index contributed by atoms with van der Waals surface area (Å²) in [6.45, 7) is 1.89. The maximum Gasteiger partial charge on any atom is 0.233 e. The summed E-state index contributed by atoms with van der Waals surface area (Å²) >= 11 is 0. The summed E-state index contributed by atoms with van der Waals surface area (Å²) in [6.07, 6.45) is 0. The molecule has 0 aliphatic heterocycles. The summed E-state index contributed by atoms with van der Waals surface area (Å²) in [7, 11) is 1.56. The molecule has 0 N–H and O–H groups in total. The summed E-state index contributed by atoms with van der Waals surface area (Å²) in [5.41, 5.74) is 0.707. The Kier molecular flexibility index (Phi) is 2.18. The highest BCUT2D eigenvalue weighted by Gasteiger charge is 2.04. The molecule has 4 heteroatoms. The van der Waals surface area contributed by atoms with Crippen molar-refractivity contribution in [2.45, 2.75) is 6.92 Å². The average Bonchev–Trinajstić information content (AvgIpc) is 2.65. The molecule has 0 fully saturated rings. The van der Waals surface area contributed by atoms with Crippen LogP contribution in [0.3, 0.4) is 0 Å². The SMILES string of the molecule is COc1ccc(-c2ccc(C)o2)nn1. The number of methoxy groups -OCH3 is 1. The van der Waals surface area contributed by atoms with Crippen LogP contribution in [0.15, 0.2) is 28.7 Å². The quantitative estimate of drug-likeness (QED) is 0.727. The van der Waals surface area contributed by atoms with Crippen molar-refractivity contribution >= 4 is 0 Å². The van der Waals surface area contributed by atoms with Crippen LogP contribution in [-0.2, 0) is 0 Å². The van der Waals surface area contributed by atoms with Gasteiger partial charge < -0.3 is 9.15 Å². The molecule has 72 valence electrons. The standard InChI is InChI=1S/C10H10N2O2/c1-7-3-5-9(14-7)8-4-6-10(13-2)12-11-8/h3-6H,1-2H3. The van der Waals surface area contributed by atoms with Crippen LogP contribution >= 0.6 is 0 Å². The minimum atomic E-state index is 0.497. The lowest BCUT2D eigenvalue weighted by molar-refractivity contribution is 0.392. The molecule has 0 aliphatic carbocycles. The van der Waals surface area contributed by atoms with Gasteiger partial charge in [0.25, 0.3) is 0 Å². The van der Waals surface area contributed by atoms with Crippen LogP contribution < -0.4 is 4.74 Å². The number of hydrogen-bond donors (Lipinski definition) is 0. The van der Waals surface area contributed by atoms with Crippen molar-refractivity contribution in [3.63, 3.8) is 0 Å². The Bertz CT molecular complexity index is 420. The van der Waals surface area contributed by atoms with Crippen molar-refractivity contribution in [1.29, 1.82) is 0 Å². The maximum absolute atomic E-state index is 5.40. The van der Waals surface area contributed by atoms with Gasteiger partial charge in [-0.3, -0.25) is 0 Å². The van der Waals surface area contributed by atoms with Crippen molar-refractivity contribution < 1.29 is 9.15 Å². The zero-order valence-corrected chi connectivity index (χ0v) is 8.02. The van der Waals surface area contributed by atoms with Crippen molar-refractivity contribution in [2.75, 3.05) is 7.11 Å². The lowest BCUT2D eigenvalue weighted by atomic mass is 10.3.